The van der Waals surface area contributed by atoms with Crippen molar-refractivity contribution < 1.29 is 14.3 Å². The van der Waals surface area contributed by atoms with Crippen LogP contribution in [0.15, 0.2) is 30.3 Å². The minimum atomic E-state index is -0.114. The van der Waals surface area contributed by atoms with Gasteiger partial charge in [-0.15, -0.1) is 0 Å². The Kier molecular flexibility index (Phi) is 5.15. The molecule has 1 unspecified atom stereocenters. The quantitative estimate of drug-likeness (QED) is 0.781. The van der Waals surface area contributed by atoms with E-state index in [1.54, 1.807) is 20.3 Å². The topological polar surface area (TPSA) is 59.6 Å². The molecule has 1 aromatic carbocycles. The number of hydrogen-bond acceptors (Lipinski definition) is 4. The maximum absolute atomic E-state index is 11.9. The molecule has 0 aliphatic carbocycles. The zero-order chi connectivity index (χ0) is 14.4. The number of rotatable bonds is 5. The standard InChI is InChI=1S/C15H20N2O3/c1-19-12-6-3-11(4-7-12)5-8-15(18)17-13-9-16-10-14(13)20-2/h3-8,13-14,16H,9-10H2,1-2H3,(H,17,18)/b8-5+/t13?,14-/m0/s1. The summed E-state index contributed by atoms with van der Waals surface area (Å²) in [5, 5.41) is 6.12. The first-order valence-corrected chi connectivity index (χ1v) is 6.59. The molecule has 5 heteroatoms. The highest BCUT2D eigenvalue weighted by molar-refractivity contribution is 5.92. The van der Waals surface area contributed by atoms with Gasteiger partial charge in [0.15, 0.2) is 0 Å². The van der Waals surface area contributed by atoms with E-state index in [0.717, 1.165) is 24.4 Å². The predicted molar refractivity (Wildman–Crippen MR) is 77.6 cm³/mol. The van der Waals surface area contributed by atoms with Gasteiger partial charge in [-0.25, -0.2) is 0 Å². The second-order valence-electron chi connectivity index (χ2n) is 4.65. The van der Waals surface area contributed by atoms with Gasteiger partial charge in [-0.05, 0) is 23.8 Å². The van der Waals surface area contributed by atoms with Crippen molar-refractivity contribution in [2.45, 2.75) is 12.1 Å². The molecular weight excluding hydrogens is 256 g/mol. The molecular formula is C15H20N2O3. The van der Waals surface area contributed by atoms with Crippen LogP contribution in [0.1, 0.15) is 5.56 Å². The van der Waals surface area contributed by atoms with E-state index < -0.39 is 0 Å². The Balaban J connectivity index is 1.88. The molecule has 2 rings (SSSR count). The molecule has 0 saturated carbocycles. The maximum Gasteiger partial charge on any atom is 0.244 e. The van der Waals surface area contributed by atoms with Crippen molar-refractivity contribution in [1.82, 2.24) is 10.6 Å². The predicted octanol–water partition coefficient (Wildman–Crippen LogP) is 0.811. The third-order valence-corrected chi connectivity index (χ3v) is 3.33. The van der Waals surface area contributed by atoms with Crippen LogP contribution in [0.4, 0.5) is 0 Å². The maximum atomic E-state index is 11.9. The van der Waals surface area contributed by atoms with E-state index in [4.69, 9.17) is 9.47 Å². The van der Waals surface area contributed by atoms with Gasteiger partial charge in [-0.2, -0.15) is 0 Å². The lowest BCUT2D eigenvalue weighted by Gasteiger charge is -2.17. The number of methoxy groups -OCH3 is 2. The summed E-state index contributed by atoms with van der Waals surface area (Å²) in [5.74, 6) is 0.683. The summed E-state index contributed by atoms with van der Waals surface area (Å²) in [4.78, 5) is 11.9. The highest BCUT2D eigenvalue weighted by atomic mass is 16.5. The largest absolute Gasteiger partial charge is 0.497 e. The van der Waals surface area contributed by atoms with Gasteiger partial charge in [0.05, 0.1) is 19.3 Å². The fourth-order valence-electron chi connectivity index (χ4n) is 2.16. The Bertz CT molecular complexity index is 471. The van der Waals surface area contributed by atoms with Gasteiger partial charge >= 0.3 is 0 Å². The number of nitrogens with one attached hydrogen (secondary N) is 2. The summed E-state index contributed by atoms with van der Waals surface area (Å²) in [7, 11) is 3.28. The summed E-state index contributed by atoms with van der Waals surface area (Å²) in [6.45, 7) is 1.50. The van der Waals surface area contributed by atoms with E-state index in [-0.39, 0.29) is 18.1 Å². The van der Waals surface area contributed by atoms with Crippen LogP contribution in [0.5, 0.6) is 5.75 Å². The van der Waals surface area contributed by atoms with Crippen LogP contribution in [-0.2, 0) is 9.53 Å². The number of benzene rings is 1. The lowest BCUT2D eigenvalue weighted by atomic mass is 10.2. The second kappa shape index (κ2) is 7.07. The van der Waals surface area contributed by atoms with Crippen molar-refractivity contribution in [3.8, 4) is 5.75 Å². The van der Waals surface area contributed by atoms with Gasteiger partial charge in [0.2, 0.25) is 5.91 Å². The van der Waals surface area contributed by atoms with E-state index in [1.165, 1.54) is 6.08 Å². The molecule has 1 saturated heterocycles. The van der Waals surface area contributed by atoms with Gasteiger partial charge in [-0.1, -0.05) is 12.1 Å². The third kappa shape index (κ3) is 3.82. The number of amides is 1. The molecule has 0 radical (unpaired) electrons. The smallest absolute Gasteiger partial charge is 0.244 e. The van der Waals surface area contributed by atoms with Gasteiger partial charge in [0.25, 0.3) is 0 Å². The fraction of sp³-hybridized carbons (Fsp3) is 0.400. The van der Waals surface area contributed by atoms with Crippen molar-refractivity contribution in [2.24, 2.45) is 0 Å². The van der Waals surface area contributed by atoms with E-state index in [0.29, 0.717) is 0 Å². The van der Waals surface area contributed by atoms with Crippen molar-refractivity contribution in [3.63, 3.8) is 0 Å². The number of hydrogen-bond donors (Lipinski definition) is 2. The molecule has 20 heavy (non-hydrogen) atoms. The van der Waals surface area contributed by atoms with Crippen molar-refractivity contribution in [3.05, 3.63) is 35.9 Å². The average molecular weight is 276 g/mol. The van der Waals surface area contributed by atoms with E-state index in [1.807, 2.05) is 24.3 Å². The van der Waals surface area contributed by atoms with Gasteiger partial charge < -0.3 is 20.1 Å². The zero-order valence-electron chi connectivity index (χ0n) is 11.8. The van der Waals surface area contributed by atoms with Crippen LogP contribution in [0.2, 0.25) is 0 Å². The van der Waals surface area contributed by atoms with Gasteiger partial charge in [0.1, 0.15) is 5.75 Å². The average Bonchev–Trinajstić information content (AvgIpc) is 2.92. The summed E-state index contributed by atoms with van der Waals surface area (Å²) in [6, 6.07) is 7.54. The van der Waals surface area contributed by atoms with Crippen molar-refractivity contribution in [2.75, 3.05) is 27.3 Å². The van der Waals surface area contributed by atoms with E-state index >= 15 is 0 Å². The molecule has 1 aliphatic rings. The van der Waals surface area contributed by atoms with Crippen LogP contribution in [0.3, 0.4) is 0 Å². The molecule has 1 aromatic rings. The van der Waals surface area contributed by atoms with Crippen LogP contribution in [-0.4, -0.2) is 45.4 Å². The molecule has 0 bridgehead atoms. The Labute approximate surface area is 119 Å². The Hall–Kier alpha value is -1.85. The molecule has 1 amide bonds. The molecule has 5 nitrogen and oxygen atoms in total. The van der Waals surface area contributed by atoms with Crippen molar-refractivity contribution >= 4 is 12.0 Å². The molecule has 1 heterocycles. The van der Waals surface area contributed by atoms with Gasteiger partial charge in [-0.3, -0.25) is 4.79 Å². The van der Waals surface area contributed by atoms with Crippen LogP contribution in [0, 0.1) is 0 Å². The highest BCUT2D eigenvalue weighted by Crippen LogP contribution is 2.12. The molecule has 1 fully saturated rings. The lowest BCUT2D eigenvalue weighted by Crippen LogP contribution is -2.42. The van der Waals surface area contributed by atoms with Crippen LogP contribution >= 0.6 is 0 Å². The summed E-state index contributed by atoms with van der Waals surface area (Å²) in [5.41, 5.74) is 0.953. The minimum absolute atomic E-state index is 0.0213. The van der Waals surface area contributed by atoms with Crippen LogP contribution in [0.25, 0.3) is 6.08 Å². The number of carbonyl (C=O) groups is 1. The Morgan fingerprint density at radius 1 is 1.30 bits per heavy atom. The first-order valence-electron chi connectivity index (χ1n) is 6.59. The number of carbonyl (C=O) groups excluding carboxylic acids is 1. The normalized spacial score (nSPS) is 22.1. The molecule has 108 valence electrons. The molecule has 2 atom stereocenters. The molecule has 0 spiro atoms. The minimum Gasteiger partial charge on any atom is -0.497 e. The summed E-state index contributed by atoms with van der Waals surface area (Å²) < 4.78 is 10.4. The molecule has 0 aromatic heterocycles. The summed E-state index contributed by atoms with van der Waals surface area (Å²) >= 11 is 0. The van der Waals surface area contributed by atoms with Crippen molar-refractivity contribution in [1.29, 1.82) is 0 Å². The highest BCUT2D eigenvalue weighted by Gasteiger charge is 2.27. The lowest BCUT2D eigenvalue weighted by molar-refractivity contribution is -0.117. The Morgan fingerprint density at radius 3 is 2.70 bits per heavy atom. The molecule has 2 N–H and O–H groups in total. The van der Waals surface area contributed by atoms with Crippen LogP contribution < -0.4 is 15.4 Å². The first-order chi connectivity index (χ1) is 9.72. The number of ether oxygens (including phenoxy) is 2. The first kappa shape index (κ1) is 14.6. The Morgan fingerprint density at radius 2 is 2.05 bits per heavy atom. The fourth-order valence-corrected chi connectivity index (χ4v) is 2.16. The monoisotopic (exact) mass is 276 g/mol. The summed E-state index contributed by atoms with van der Waals surface area (Å²) in [6.07, 6.45) is 3.35. The van der Waals surface area contributed by atoms with E-state index in [2.05, 4.69) is 10.6 Å². The van der Waals surface area contributed by atoms with E-state index in [9.17, 15) is 4.79 Å². The SMILES string of the molecule is COc1ccc(/C=C/C(=O)NC2CNC[C@@H]2OC)cc1. The zero-order valence-corrected chi connectivity index (χ0v) is 11.8. The van der Waals surface area contributed by atoms with Gasteiger partial charge in [0, 0.05) is 26.3 Å². The molecule has 1 aliphatic heterocycles. The third-order valence-electron chi connectivity index (χ3n) is 3.33. The second-order valence-corrected chi connectivity index (χ2v) is 4.65.